The van der Waals surface area contributed by atoms with Crippen molar-refractivity contribution >= 4 is 23.6 Å². The lowest BCUT2D eigenvalue weighted by Gasteiger charge is -2.22. The van der Waals surface area contributed by atoms with Gasteiger partial charge in [-0.2, -0.15) is 0 Å². The van der Waals surface area contributed by atoms with E-state index in [2.05, 4.69) is 0 Å². The molecule has 1 unspecified atom stereocenters. The Morgan fingerprint density at radius 2 is 1.87 bits per heavy atom. The van der Waals surface area contributed by atoms with Crippen LogP contribution in [0.5, 0.6) is 0 Å². The first-order valence-electron chi connectivity index (χ1n) is 5.15. The lowest BCUT2D eigenvalue weighted by molar-refractivity contribution is -0.136. The van der Waals surface area contributed by atoms with Crippen molar-refractivity contribution in [1.29, 1.82) is 0 Å². The van der Waals surface area contributed by atoms with Crippen molar-refractivity contribution in [3.05, 3.63) is 0 Å². The molecule has 0 aromatic rings. The van der Waals surface area contributed by atoms with Crippen molar-refractivity contribution in [2.45, 2.75) is 32.4 Å². The molecule has 0 aromatic heterocycles. The fourth-order valence-electron chi connectivity index (χ4n) is 1.19. The maximum absolute atomic E-state index is 11.7. The zero-order valence-corrected chi connectivity index (χ0v) is 10.3. The molecule has 5 heteroatoms. The van der Waals surface area contributed by atoms with Gasteiger partial charge in [0.25, 0.3) is 0 Å². The Labute approximate surface area is 95.0 Å². The van der Waals surface area contributed by atoms with Crippen LogP contribution in [0.2, 0.25) is 0 Å². The van der Waals surface area contributed by atoms with Crippen LogP contribution in [-0.2, 0) is 9.59 Å². The maximum Gasteiger partial charge on any atom is 0.304 e. The monoisotopic (exact) mass is 233 g/mol. The number of carboxylic acid groups (broad SMARTS) is 1. The highest BCUT2D eigenvalue weighted by Gasteiger charge is 2.18. The summed E-state index contributed by atoms with van der Waals surface area (Å²) in [7, 11) is 0. The Hall–Kier alpha value is -0.710. The Morgan fingerprint density at radius 1 is 1.33 bits per heavy atom. The number of amides is 1. The van der Waals surface area contributed by atoms with Gasteiger partial charge in [-0.15, -0.1) is 11.8 Å². The predicted octanol–water partition coefficient (Wildman–Crippen LogP) is 1.45. The average Bonchev–Trinajstić information content (AvgIpc) is 2.18. The second-order valence-corrected chi connectivity index (χ2v) is 4.62. The predicted molar refractivity (Wildman–Crippen MR) is 62.1 cm³/mol. The standard InChI is InChI=1S/C10H19NO3S/c1-4-11(5-2)10(14)8(3)15-7-6-9(12)13/h8H,4-7H2,1-3H3,(H,12,13). The number of carbonyl (C=O) groups is 2. The molecule has 0 saturated carbocycles. The zero-order valence-electron chi connectivity index (χ0n) is 9.52. The summed E-state index contributed by atoms with van der Waals surface area (Å²) in [6.45, 7) is 7.12. The van der Waals surface area contributed by atoms with Gasteiger partial charge in [-0.25, -0.2) is 0 Å². The fourth-order valence-corrected chi connectivity index (χ4v) is 2.12. The molecule has 1 amide bonds. The van der Waals surface area contributed by atoms with Gasteiger partial charge in [-0.1, -0.05) is 0 Å². The van der Waals surface area contributed by atoms with Crippen molar-refractivity contribution in [3.8, 4) is 0 Å². The van der Waals surface area contributed by atoms with E-state index in [1.165, 1.54) is 11.8 Å². The molecular weight excluding hydrogens is 214 g/mol. The van der Waals surface area contributed by atoms with Crippen LogP contribution in [0.3, 0.4) is 0 Å². The summed E-state index contributed by atoms with van der Waals surface area (Å²) in [5, 5.41) is 8.31. The van der Waals surface area contributed by atoms with E-state index in [0.717, 1.165) is 0 Å². The molecule has 0 aliphatic carbocycles. The topological polar surface area (TPSA) is 57.6 Å². The lowest BCUT2D eigenvalue weighted by atomic mass is 10.4. The van der Waals surface area contributed by atoms with E-state index >= 15 is 0 Å². The highest BCUT2D eigenvalue weighted by molar-refractivity contribution is 8.00. The molecular formula is C10H19NO3S. The fraction of sp³-hybridized carbons (Fsp3) is 0.800. The summed E-state index contributed by atoms with van der Waals surface area (Å²) in [6, 6.07) is 0. The molecule has 0 spiro atoms. The maximum atomic E-state index is 11.7. The molecule has 0 radical (unpaired) electrons. The third-order valence-electron chi connectivity index (χ3n) is 2.11. The number of hydrogen-bond donors (Lipinski definition) is 1. The minimum atomic E-state index is -0.815. The summed E-state index contributed by atoms with van der Waals surface area (Å²) in [5.74, 6) is -0.232. The van der Waals surface area contributed by atoms with E-state index in [4.69, 9.17) is 5.11 Å². The molecule has 88 valence electrons. The summed E-state index contributed by atoms with van der Waals surface area (Å²) in [6.07, 6.45) is 0.112. The Balaban J connectivity index is 3.92. The van der Waals surface area contributed by atoms with Crippen molar-refractivity contribution in [2.24, 2.45) is 0 Å². The van der Waals surface area contributed by atoms with Gasteiger partial charge in [0.1, 0.15) is 0 Å². The normalized spacial score (nSPS) is 12.2. The third-order valence-corrected chi connectivity index (χ3v) is 3.25. The van der Waals surface area contributed by atoms with Gasteiger partial charge < -0.3 is 10.0 Å². The van der Waals surface area contributed by atoms with Gasteiger partial charge in [0.05, 0.1) is 11.7 Å². The first-order chi connectivity index (χ1) is 7.02. The molecule has 1 atom stereocenters. The van der Waals surface area contributed by atoms with Crippen LogP contribution < -0.4 is 0 Å². The average molecular weight is 233 g/mol. The van der Waals surface area contributed by atoms with Gasteiger partial charge >= 0.3 is 5.97 Å². The van der Waals surface area contributed by atoms with Crippen LogP contribution in [-0.4, -0.2) is 46.0 Å². The number of aliphatic carboxylic acids is 1. The van der Waals surface area contributed by atoms with Crippen molar-refractivity contribution in [3.63, 3.8) is 0 Å². The van der Waals surface area contributed by atoms with Crippen LogP contribution in [0.25, 0.3) is 0 Å². The summed E-state index contributed by atoms with van der Waals surface area (Å²) < 4.78 is 0. The highest BCUT2D eigenvalue weighted by Crippen LogP contribution is 2.14. The molecule has 0 saturated heterocycles. The molecule has 0 aromatic carbocycles. The van der Waals surface area contributed by atoms with Crippen LogP contribution in [0.15, 0.2) is 0 Å². The number of carbonyl (C=O) groups excluding carboxylic acids is 1. The number of rotatable bonds is 7. The molecule has 1 N–H and O–H groups in total. The minimum Gasteiger partial charge on any atom is -0.481 e. The van der Waals surface area contributed by atoms with E-state index in [9.17, 15) is 9.59 Å². The van der Waals surface area contributed by atoms with Gasteiger partial charge in [0, 0.05) is 18.8 Å². The molecule has 0 aliphatic heterocycles. The third kappa shape index (κ3) is 5.67. The molecule has 0 fully saturated rings. The van der Waals surface area contributed by atoms with Crippen molar-refractivity contribution < 1.29 is 14.7 Å². The van der Waals surface area contributed by atoms with E-state index < -0.39 is 5.97 Å². The quantitative estimate of drug-likeness (QED) is 0.723. The Morgan fingerprint density at radius 3 is 2.27 bits per heavy atom. The molecule has 4 nitrogen and oxygen atoms in total. The van der Waals surface area contributed by atoms with Gasteiger partial charge in [0.15, 0.2) is 0 Å². The summed E-state index contributed by atoms with van der Waals surface area (Å²) in [4.78, 5) is 23.8. The molecule has 0 bridgehead atoms. The van der Waals surface area contributed by atoms with E-state index in [1.54, 1.807) is 4.90 Å². The Bertz CT molecular complexity index is 217. The van der Waals surface area contributed by atoms with Gasteiger partial charge in [0.2, 0.25) is 5.91 Å². The first kappa shape index (κ1) is 14.3. The zero-order chi connectivity index (χ0) is 11.8. The molecule has 15 heavy (non-hydrogen) atoms. The second kappa shape index (κ2) is 7.56. The van der Waals surface area contributed by atoms with E-state index in [-0.39, 0.29) is 17.6 Å². The molecule has 0 aliphatic rings. The van der Waals surface area contributed by atoms with E-state index in [1.807, 2.05) is 20.8 Å². The van der Waals surface area contributed by atoms with Crippen molar-refractivity contribution in [2.75, 3.05) is 18.8 Å². The number of nitrogens with zero attached hydrogens (tertiary/aromatic N) is 1. The van der Waals surface area contributed by atoms with Crippen LogP contribution in [0.1, 0.15) is 27.2 Å². The lowest BCUT2D eigenvalue weighted by Crippen LogP contribution is -2.36. The first-order valence-corrected chi connectivity index (χ1v) is 6.19. The second-order valence-electron chi connectivity index (χ2n) is 3.17. The largest absolute Gasteiger partial charge is 0.481 e. The van der Waals surface area contributed by atoms with Crippen LogP contribution in [0, 0.1) is 0 Å². The summed E-state index contributed by atoms with van der Waals surface area (Å²) in [5.41, 5.74) is 0. The van der Waals surface area contributed by atoms with Gasteiger partial charge in [-0.3, -0.25) is 9.59 Å². The van der Waals surface area contributed by atoms with Gasteiger partial charge in [-0.05, 0) is 20.8 Å². The van der Waals surface area contributed by atoms with Crippen LogP contribution >= 0.6 is 11.8 Å². The number of carboxylic acids is 1. The number of hydrogen-bond acceptors (Lipinski definition) is 3. The minimum absolute atomic E-state index is 0.0930. The SMILES string of the molecule is CCN(CC)C(=O)C(C)SCCC(=O)O. The van der Waals surface area contributed by atoms with Crippen molar-refractivity contribution in [1.82, 2.24) is 4.90 Å². The number of thioether (sulfide) groups is 1. The van der Waals surface area contributed by atoms with Crippen LogP contribution in [0.4, 0.5) is 0 Å². The molecule has 0 heterocycles. The molecule has 0 rings (SSSR count). The Kier molecular flexibility index (Phi) is 7.21. The highest BCUT2D eigenvalue weighted by atomic mass is 32.2. The summed E-state index contributed by atoms with van der Waals surface area (Å²) >= 11 is 1.40. The smallest absolute Gasteiger partial charge is 0.304 e. The van der Waals surface area contributed by atoms with E-state index in [0.29, 0.717) is 18.8 Å².